The average molecular weight is 545 g/mol. The summed E-state index contributed by atoms with van der Waals surface area (Å²) in [6.45, 7) is 13.8. The molecule has 7 nitrogen and oxygen atoms in total. The number of alkyl halides is 3. The third-order valence-electron chi connectivity index (χ3n) is 4.95. The maximum Gasteiger partial charge on any atom is 0.412 e. The molecule has 0 aliphatic rings. The van der Waals surface area contributed by atoms with Crippen LogP contribution in [0.2, 0.25) is 0 Å². The zero-order chi connectivity index (χ0) is 29.4. The van der Waals surface area contributed by atoms with Crippen molar-refractivity contribution < 1.29 is 22.7 Å². The number of halogens is 3. The molecule has 0 aromatic carbocycles. The van der Waals surface area contributed by atoms with Gasteiger partial charge in [0.1, 0.15) is 5.82 Å². The van der Waals surface area contributed by atoms with Gasteiger partial charge in [-0.1, -0.05) is 32.6 Å². The first-order chi connectivity index (χ1) is 18.5. The molecule has 0 unspecified atom stereocenters. The Labute approximate surface area is 227 Å². The van der Waals surface area contributed by atoms with Crippen LogP contribution in [-0.4, -0.2) is 39.8 Å². The lowest BCUT2D eigenvalue weighted by molar-refractivity contribution is -0.0912. The van der Waals surface area contributed by atoms with Crippen molar-refractivity contribution in [3.63, 3.8) is 0 Å². The number of nitrogens with zero attached hydrogens (tertiary/aromatic N) is 3. The third-order valence-corrected chi connectivity index (χ3v) is 4.95. The van der Waals surface area contributed by atoms with Crippen molar-refractivity contribution >= 4 is 17.3 Å². The van der Waals surface area contributed by atoms with E-state index >= 15 is 0 Å². The van der Waals surface area contributed by atoms with Crippen LogP contribution in [-0.2, 0) is 11.3 Å². The second-order valence-corrected chi connectivity index (χ2v) is 7.91. The van der Waals surface area contributed by atoms with E-state index in [4.69, 9.17) is 4.74 Å². The highest BCUT2D eigenvalue weighted by Gasteiger charge is 2.29. The summed E-state index contributed by atoms with van der Waals surface area (Å²) in [5.41, 5.74) is 1.47. The molecule has 0 radical (unpaired) electrons. The van der Waals surface area contributed by atoms with Crippen molar-refractivity contribution in [3.05, 3.63) is 106 Å². The first kappa shape index (κ1) is 33.0. The Balaban J connectivity index is 0.000000391. The highest BCUT2D eigenvalue weighted by Crippen LogP contribution is 2.27. The molecule has 0 spiro atoms. The quantitative estimate of drug-likeness (QED) is 0.260. The molecule has 210 valence electrons. The van der Waals surface area contributed by atoms with Gasteiger partial charge in [-0.15, -0.1) is 0 Å². The molecule has 1 N–H and O–H groups in total. The summed E-state index contributed by atoms with van der Waals surface area (Å²) < 4.78 is 43.3. The van der Waals surface area contributed by atoms with E-state index in [2.05, 4.69) is 21.9 Å². The number of allylic oxidation sites excluding steroid dienone is 3. The molecule has 3 aromatic heterocycles. The van der Waals surface area contributed by atoms with Gasteiger partial charge in [0.25, 0.3) is 11.5 Å². The van der Waals surface area contributed by atoms with Crippen LogP contribution in [0.1, 0.15) is 49.2 Å². The Morgan fingerprint density at radius 3 is 2.41 bits per heavy atom. The largest absolute Gasteiger partial charge is 0.412 e. The number of amides is 1. The zero-order valence-corrected chi connectivity index (χ0v) is 22.9. The van der Waals surface area contributed by atoms with Crippen molar-refractivity contribution in [2.75, 3.05) is 18.5 Å². The molecule has 0 saturated heterocycles. The summed E-state index contributed by atoms with van der Waals surface area (Å²) in [5, 5.41) is 2.70. The number of carbonyl (C=O) groups excluding carboxylic acids is 1. The van der Waals surface area contributed by atoms with Crippen LogP contribution < -0.4 is 10.9 Å². The Kier molecular flexibility index (Phi) is 14.1. The fraction of sp³-hybridized carbons (Fsp3) is 0.310. The topological polar surface area (TPSA) is 86.1 Å². The van der Waals surface area contributed by atoms with Gasteiger partial charge in [-0.25, -0.2) is 4.98 Å². The number of hydrogen-bond donors (Lipinski definition) is 1. The van der Waals surface area contributed by atoms with Crippen molar-refractivity contribution in [2.45, 2.75) is 47.3 Å². The summed E-state index contributed by atoms with van der Waals surface area (Å²) in [6, 6.07) is 9.79. The third kappa shape index (κ3) is 11.9. The van der Waals surface area contributed by atoms with Crippen molar-refractivity contribution in [3.8, 4) is 0 Å². The Morgan fingerprint density at radius 2 is 1.85 bits per heavy atom. The van der Waals surface area contributed by atoms with E-state index in [-0.39, 0.29) is 11.5 Å². The van der Waals surface area contributed by atoms with Crippen molar-refractivity contribution in [2.24, 2.45) is 0 Å². The normalized spacial score (nSPS) is 10.9. The smallest absolute Gasteiger partial charge is 0.380 e. The van der Waals surface area contributed by atoms with Crippen molar-refractivity contribution in [1.29, 1.82) is 0 Å². The molecule has 10 heteroatoms. The first-order valence-corrected chi connectivity index (χ1v) is 12.4. The van der Waals surface area contributed by atoms with Crippen LogP contribution in [0.3, 0.4) is 0 Å². The van der Waals surface area contributed by atoms with E-state index < -0.39 is 11.7 Å². The van der Waals surface area contributed by atoms with E-state index in [9.17, 15) is 22.8 Å². The SMILES string of the molecule is C=C(/C=C(\C)C(F)(F)F)c1cccnc1.CC.CCOCCn1cc(C(=O)Nc2ccc(C)cn2)ccc1=O. The zero-order valence-electron chi connectivity index (χ0n) is 22.9. The van der Waals surface area contributed by atoms with E-state index in [0.29, 0.717) is 42.3 Å². The number of nitrogens with one attached hydrogen (secondary N) is 1. The summed E-state index contributed by atoms with van der Waals surface area (Å²) in [4.78, 5) is 31.9. The average Bonchev–Trinajstić information content (AvgIpc) is 2.92. The maximum absolute atomic E-state index is 12.2. The second kappa shape index (κ2) is 16.7. The number of pyridine rings is 3. The molecule has 0 aliphatic heterocycles. The number of ether oxygens (including phenoxy) is 1. The predicted molar refractivity (Wildman–Crippen MR) is 149 cm³/mol. The van der Waals surface area contributed by atoms with Gasteiger partial charge in [0.05, 0.1) is 12.2 Å². The minimum atomic E-state index is -4.30. The van der Waals surface area contributed by atoms with Crippen molar-refractivity contribution in [1.82, 2.24) is 14.5 Å². The minimum Gasteiger partial charge on any atom is -0.380 e. The lowest BCUT2D eigenvalue weighted by Gasteiger charge is -2.09. The van der Waals surface area contributed by atoms with E-state index in [1.807, 2.05) is 33.8 Å². The van der Waals surface area contributed by atoms with Gasteiger partial charge in [-0.3, -0.25) is 14.6 Å². The first-order valence-electron chi connectivity index (χ1n) is 12.4. The number of hydrogen-bond acceptors (Lipinski definition) is 5. The fourth-order valence-corrected chi connectivity index (χ4v) is 2.86. The summed E-state index contributed by atoms with van der Waals surface area (Å²) >= 11 is 0. The molecule has 0 aliphatic carbocycles. The molecule has 0 bridgehead atoms. The summed E-state index contributed by atoms with van der Waals surface area (Å²) in [7, 11) is 0. The monoisotopic (exact) mass is 544 g/mol. The highest BCUT2D eigenvalue weighted by molar-refractivity contribution is 6.03. The van der Waals surface area contributed by atoms with Gasteiger partial charge in [0, 0.05) is 49.6 Å². The molecule has 3 rings (SSSR count). The Morgan fingerprint density at radius 1 is 1.13 bits per heavy atom. The molecular formula is C29H35F3N4O3. The summed E-state index contributed by atoms with van der Waals surface area (Å²) in [6.07, 6.45) is 2.95. The van der Waals surface area contributed by atoms with Gasteiger partial charge in [0.15, 0.2) is 0 Å². The molecule has 39 heavy (non-hydrogen) atoms. The number of anilines is 1. The van der Waals surface area contributed by atoms with E-state index in [0.717, 1.165) is 18.6 Å². The van der Waals surface area contributed by atoms with Crippen LogP contribution in [0, 0.1) is 6.92 Å². The minimum absolute atomic E-state index is 0.162. The highest BCUT2D eigenvalue weighted by atomic mass is 19.4. The molecule has 0 saturated carbocycles. The van der Waals surface area contributed by atoms with Crippen LogP contribution in [0.25, 0.3) is 5.57 Å². The molecule has 0 fully saturated rings. The van der Waals surface area contributed by atoms with Gasteiger partial charge < -0.3 is 14.6 Å². The molecule has 1 amide bonds. The summed E-state index contributed by atoms with van der Waals surface area (Å²) in [5.74, 6) is 0.171. The van der Waals surface area contributed by atoms with Gasteiger partial charge in [0.2, 0.25) is 0 Å². The Hall–Kier alpha value is -4.05. The number of aryl methyl sites for hydroxylation is 1. The van der Waals surface area contributed by atoms with Gasteiger partial charge in [-0.2, -0.15) is 13.2 Å². The fourth-order valence-electron chi connectivity index (χ4n) is 2.86. The lowest BCUT2D eigenvalue weighted by Crippen LogP contribution is -2.24. The molecule has 3 aromatic rings. The van der Waals surface area contributed by atoms with Gasteiger partial charge >= 0.3 is 6.18 Å². The van der Waals surface area contributed by atoms with E-state index in [1.54, 1.807) is 30.6 Å². The number of rotatable bonds is 8. The molecule has 0 atom stereocenters. The van der Waals surface area contributed by atoms with Crippen LogP contribution in [0.5, 0.6) is 0 Å². The van der Waals surface area contributed by atoms with E-state index in [1.165, 1.54) is 29.1 Å². The molecular weight excluding hydrogens is 509 g/mol. The Bertz CT molecular complexity index is 1270. The maximum atomic E-state index is 12.2. The lowest BCUT2D eigenvalue weighted by atomic mass is 10.1. The number of carbonyl (C=O) groups is 1. The standard InChI is InChI=1S/C16H19N3O3.C11H10F3N.C2H6/c1-3-22-9-8-19-11-13(5-7-15(19)20)16(21)18-14-6-4-12(2)10-17-14;1-8(6-9(2)11(12,13)14)10-4-3-5-15-7-10;1-2/h4-7,10-11H,3,8-9H2,1-2H3,(H,17,18,21);3-7H,1H2,2H3;1-2H3/b;9-6+;. The second-order valence-electron chi connectivity index (χ2n) is 7.91. The van der Waals surface area contributed by atoms with Gasteiger partial charge in [-0.05, 0) is 61.7 Å². The predicted octanol–water partition coefficient (Wildman–Crippen LogP) is 6.47. The number of aromatic nitrogens is 3. The van der Waals surface area contributed by atoms with Crippen LogP contribution in [0.15, 0.2) is 84.2 Å². The van der Waals surface area contributed by atoms with Crippen LogP contribution >= 0.6 is 0 Å². The van der Waals surface area contributed by atoms with Crippen LogP contribution in [0.4, 0.5) is 19.0 Å². The molecule has 3 heterocycles.